The second-order valence-corrected chi connectivity index (χ2v) is 7.48. The third kappa shape index (κ3) is 3.45. The van der Waals surface area contributed by atoms with Gasteiger partial charge in [-0.15, -0.1) is 0 Å². The minimum atomic E-state index is -3.66. The number of ether oxygens (including phenoxy) is 1. The average molecular weight is 378 g/mol. The Labute approximate surface area is 131 Å². The predicted molar refractivity (Wildman–Crippen MR) is 79.9 cm³/mol. The molecule has 1 unspecified atom stereocenters. The zero-order valence-corrected chi connectivity index (χ0v) is 13.9. The number of hydrogen-bond donors (Lipinski definition) is 1. The summed E-state index contributed by atoms with van der Waals surface area (Å²) in [7, 11) is -3.66. The lowest BCUT2D eigenvalue weighted by molar-refractivity contribution is -0.00279. The van der Waals surface area contributed by atoms with Gasteiger partial charge >= 0.3 is 5.97 Å². The first-order chi connectivity index (χ1) is 9.86. The predicted octanol–water partition coefficient (Wildman–Crippen LogP) is 1.95. The van der Waals surface area contributed by atoms with E-state index in [4.69, 9.17) is 9.84 Å². The molecule has 6 nitrogen and oxygen atoms in total. The van der Waals surface area contributed by atoms with Crippen LogP contribution in [0.3, 0.4) is 0 Å². The Kier molecular flexibility index (Phi) is 5.03. The maximum atomic E-state index is 12.6. The second kappa shape index (κ2) is 6.43. The molecule has 1 N–H and O–H groups in total. The van der Waals surface area contributed by atoms with E-state index < -0.39 is 16.0 Å². The molecule has 0 bridgehead atoms. The number of hydrogen-bond acceptors (Lipinski definition) is 4. The Bertz CT molecular complexity index is 646. The molecule has 0 spiro atoms. The van der Waals surface area contributed by atoms with Gasteiger partial charge in [-0.25, -0.2) is 13.2 Å². The lowest BCUT2D eigenvalue weighted by Crippen LogP contribution is -2.45. The van der Waals surface area contributed by atoms with Gasteiger partial charge in [0.25, 0.3) is 0 Å². The van der Waals surface area contributed by atoms with E-state index in [0.29, 0.717) is 19.7 Å². The van der Waals surface area contributed by atoms with E-state index in [-0.39, 0.29) is 21.0 Å². The molecular weight excluding hydrogens is 362 g/mol. The summed E-state index contributed by atoms with van der Waals surface area (Å²) in [4.78, 5) is 11.0. The van der Waals surface area contributed by atoms with Gasteiger partial charge in [-0.2, -0.15) is 4.31 Å². The van der Waals surface area contributed by atoms with E-state index in [1.54, 1.807) is 0 Å². The number of benzene rings is 1. The summed E-state index contributed by atoms with van der Waals surface area (Å²) in [5.74, 6) is -1.10. The maximum absolute atomic E-state index is 12.6. The highest BCUT2D eigenvalue weighted by Gasteiger charge is 2.31. The van der Waals surface area contributed by atoms with Gasteiger partial charge in [0.1, 0.15) is 0 Å². The summed E-state index contributed by atoms with van der Waals surface area (Å²) in [5, 5.41) is 8.92. The minimum absolute atomic E-state index is 0.0363. The quantitative estimate of drug-likeness (QED) is 0.866. The molecule has 1 aliphatic rings. The van der Waals surface area contributed by atoms with Crippen LogP contribution in [-0.2, 0) is 14.8 Å². The van der Waals surface area contributed by atoms with E-state index >= 15 is 0 Å². The summed E-state index contributed by atoms with van der Waals surface area (Å²) in [5.41, 5.74) is 0.0363. The lowest BCUT2D eigenvalue weighted by atomic mass is 10.2. The molecule has 21 heavy (non-hydrogen) atoms. The van der Waals surface area contributed by atoms with Crippen LogP contribution in [0.15, 0.2) is 27.6 Å². The highest BCUT2D eigenvalue weighted by Crippen LogP contribution is 2.27. The number of morpholine rings is 1. The normalized spacial score (nSPS) is 20.4. The maximum Gasteiger partial charge on any atom is 0.335 e. The SMILES string of the molecule is CCC1CN(S(=O)(=O)c2ccc(C(=O)O)cc2Br)CCO1. The van der Waals surface area contributed by atoms with E-state index in [2.05, 4.69) is 15.9 Å². The van der Waals surface area contributed by atoms with Crippen LogP contribution in [0.25, 0.3) is 0 Å². The summed E-state index contributed by atoms with van der Waals surface area (Å²) in [6.45, 7) is 2.92. The fraction of sp³-hybridized carbons (Fsp3) is 0.462. The number of halogens is 1. The van der Waals surface area contributed by atoms with Gasteiger partial charge in [-0.05, 0) is 40.5 Å². The Balaban J connectivity index is 2.33. The molecule has 0 aromatic heterocycles. The first kappa shape index (κ1) is 16.4. The Morgan fingerprint density at radius 2 is 2.24 bits per heavy atom. The van der Waals surface area contributed by atoms with Crippen LogP contribution >= 0.6 is 15.9 Å². The molecule has 0 radical (unpaired) electrons. The average Bonchev–Trinajstić information content (AvgIpc) is 2.46. The van der Waals surface area contributed by atoms with Crippen molar-refractivity contribution < 1.29 is 23.1 Å². The first-order valence-electron chi connectivity index (χ1n) is 6.51. The minimum Gasteiger partial charge on any atom is -0.478 e. The topological polar surface area (TPSA) is 83.9 Å². The molecule has 1 atom stereocenters. The van der Waals surface area contributed by atoms with Crippen molar-refractivity contribution in [1.82, 2.24) is 4.31 Å². The molecule has 1 saturated heterocycles. The number of sulfonamides is 1. The molecule has 1 aromatic carbocycles. The summed E-state index contributed by atoms with van der Waals surface area (Å²) in [6, 6.07) is 3.91. The lowest BCUT2D eigenvalue weighted by Gasteiger charge is -2.31. The molecule has 116 valence electrons. The van der Waals surface area contributed by atoms with Crippen LogP contribution in [0.1, 0.15) is 23.7 Å². The first-order valence-corrected chi connectivity index (χ1v) is 8.74. The smallest absolute Gasteiger partial charge is 0.335 e. The van der Waals surface area contributed by atoms with Crippen LogP contribution in [-0.4, -0.2) is 49.6 Å². The molecule has 0 amide bonds. The van der Waals surface area contributed by atoms with Gasteiger partial charge < -0.3 is 9.84 Å². The fourth-order valence-corrected chi connectivity index (χ4v) is 4.63. The Morgan fingerprint density at radius 3 is 2.81 bits per heavy atom. The van der Waals surface area contributed by atoms with Crippen molar-refractivity contribution in [3.8, 4) is 0 Å². The van der Waals surface area contributed by atoms with Gasteiger partial charge in [-0.3, -0.25) is 0 Å². The molecule has 1 aliphatic heterocycles. The number of rotatable bonds is 4. The van der Waals surface area contributed by atoms with Crippen LogP contribution < -0.4 is 0 Å². The van der Waals surface area contributed by atoms with Gasteiger partial charge in [0.15, 0.2) is 0 Å². The van der Waals surface area contributed by atoms with Crippen molar-refractivity contribution in [2.24, 2.45) is 0 Å². The monoisotopic (exact) mass is 377 g/mol. The highest BCUT2D eigenvalue weighted by atomic mass is 79.9. The number of carboxylic acid groups (broad SMARTS) is 1. The molecule has 0 aliphatic carbocycles. The number of carbonyl (C=O) groups is 1. The van der Waals surface area contributed by atoms with Crippen molar-refractivity contribution in [2.75, 3.05) is 19.7 Å². The van der Waals surface area contributed by atoms with E-state index in [9.17, 15) is 13.2 Å². The van der Waals surface area contributed by atoms with Gasteiger partial charge in [0.05, 0.1) is 23.2 Å². The molecule has 8 heteroatoms. The molecule has 1 heterocycles. The zero-order chi connectivity index (χ0) is 15.6. The number of aromatic carboxylic acids is 1. The summed E-state index contributed by atoms with van der Waals surface area (Å²) >= 11 is 3.15. The second-order valence-electron chi connectivity index (χ2n) is 4.71. The van der Waals surface area contributed by atoms with E-state index in [1.807, 2.05) is 6.92 Å². The van der Waals surface area contributed by atoms with Crippen molar-refractivity contribution in [3.63, 3.8) is 0 Å². The largest absolute Gasteiger partial charge is 0.478 e. The van der Waals surface area contributed by atoms with Crippen molar-refractivity contribution in [3.05, 3.63) is 28.2 Å². The molecule has 1 fully saturated rings. The van der Waals surface area contributed by atoms with Crippen molar-refractivity contribution >= 4 is 31.9 Å². The van der Waals surface area contributed by atoms with Crippen LogP contribution in [0.2, 0.25) is 0 Å². The third-order valence-corrected chi connectivity index (χ3v) is 6.20. The van der Waals surface area contributed by atoms with Gasteiger partial charge in [0.2, 0.25) is 10.0 Å². The van der Waals surface area contributed by atoms with Crippen molar-refractivity contribution in [2.45, 2.75) is 24.3 Å². The number of nitrogens with zero attached hydrogens (tertiary/aromatic N) is 1. The standard InChI is InChI=1S/C13H16BrNO5S/c1-2-10-8-15(5-6-20-10)21(18,19)12-4-3-9(13(16)17)7-11(12)14/h3-4,7,10H,2,5-6,8H2,1H3,(H,16,17). The number of carboxylic acids is 1. The molecule has 0 saturated carbocycles. The van der Waals surface area contributed by atoms with Crippen LogP contribution in [0, 0.1) is 0 Å². The third-order valence-electron chi connectivity index (χ3n) is 3.35. The Hall–Kier alpha value is -0.960. The van der Waals surface area contributed by atoms with Crippen LogP contribution in [0.4, 0.5) is 0 Å². The Morgan fingerprint density at radius 1 is 1.52 bits per heavy atom. The summed E-state index contributed by atoms with van der Waals surface area (Å²) in [6.07, 6.45) is 0.635. The molecule has 1 aromatic rings. The highest BCUT2D eigenvalue weighted by molar-refractivity contribution is 9.10. The fourth-order valence-electron chi connectivity index (χ4n) is 2.14. The van der Waals surface area contributed by atoms with Gasteiger partial charge in [0, 0.05) is 17.6 Å². The van der Waals surface area contributed by atoms with Crippen molar-refractivity contribution in [1.29, 1.82) is 0 Å². The van der Waals surface area contributed by atoms with Gasteiger partial charge in [-0.1, -0.05) is 6.92 Å². The van der Waals surface area contributed by atoms with Crippen LogP contribution in [0.5, 0.6) is 0 Å². The zero-order valence-electron chi connectivity index (χ0n) is 11.5. The van der Waals surface area contributed by atoms with E-state index in [1.165, 1.54) is 22.5 Å². The molecular formula is C13H16BrNO5S. The van der Waals surface area contributed by atoms with E-state index in [0.717, 1.165) is 6.42 Å². The summed E-state index contributed by atoms with van der Waals surface area (Å²) < 4.78 is 32.4. The molecule has 2 rings (SSSR count).